The molecule has 0 aliphatic carbocycles. The third-order valence-corrected chi connectivity index (χ3v) is 3.08. The third kappa shape index (κ3) is 4.32. The van der Waals surface area contributed by atoms with Gasteiger partial charge in [0.2, 0.25) is 0 Å². The summed E-state index contributed by atoms with van der Waals surface area (Å²) in [4.78, 5) is 15.8. The largest absolute Gasteiger partial charge is 0.442 e. The Labute approximate surface area is 107 Å². The van der Waals surface area contributed by atoms with E-state index in [0.717, 1.165) is 8.66 Å². The molecule has 0 atom stereocenters. The van der Waals surface area contributed by atoms with Crippen LogP contribution in [0.3, 0.4) is 0 Å². The smallest absolute Gasteiger partial charge is 0.436 e. The van der Waals surface area contributed by atoms with Crippen LogP contribution in [-0.2, 0) is 4.74 Å². The van der Waals surface area contributed by atoms with Crippen molar-refractivity contribution in [3.63, 3.8) is 0 Å². The van der Waals surface area contributed by atoms with Crippen molar-refractivity contribution in [2.75, 3.05) is 0 Å². The van der Waals surface area contributed by atoms with Crippen molar-refractivity contribution >= 4 is 39.2 Å². The predicted molar refractivity (Wildman–Crippen MR) is 69.0 cm³/mol. The summed E-state index contributed by atoms with van der Waals surface area (Å²) in [5.41, 5.74) is 5.11. The lowest BCUT2D eigenvalue weighted by Gasteiger charge is -2.17. The molecule has 0 saturated heterocycles. The van der Waals surface area contributed by atoms with E-state index < -0.39 is 11.7 Å². The molecule has 1 heterocycles. The number of thiophene rings is 1. The number of hydrogen-bond acceptors (Lipinski definition) is 3. The molecule has 0 spiro atoms. The van der Waals surface area contributed by atoms with E-state index in [1.807, 2.05) is 6.07 Å². The Hall–Kier alpha value is -0.880. The van der Waals surface area contributed by atoms with Gasteiger partial charge in [-0.2, -0.15) is 4.99 Å². The molecule has 88 valence electrons. The van der Waals surface area contributed by atoms with Crippen LogP contribution in [0.4, 0.5) is 4.79 Å². The van der Waals surface area contributed by atoms with Crippen LogP contribution in [0.5, 0.6) is 0 Å². The van der Waals surface area contributed by atoms with Gasteiger partial charge in [0.05, 0.1) is 8.66 Å². The second-order valence-electron chi connectivity index (χ2n) is 4.08. The zero-order valence-electron chi connectivity index (χ0n) is 9.28. The van der Waals surface area contributed by atoms with E-state index >= 15 is 0 Å². The van der Waals surface area contributed by atoms with Crippen molar-refractivity contribution in [2.45, 2.75) is 26.4 Å². The zero-order valence-corrected chi connectivity index (χ0v) is 11.7. The molecule has 4 nitrogen and oxygen atoms in total. The number of carbonyl (C=O) groups is 1. The first kappa shape index (κ1) is 13.2. The highest BCUT2D eigenvalue weighted by Crippen LogP contribution is 2.21. The first-order chi connectivity index (χ1) is 7.28. The van der Waals surface area contributed by atoms with Gasteiger partial charge in [-0.3, -0.25) is 0 Å². The van der Waals surface area contributed by atoms with Gasteiger partial charge in [0.15, 0.2) is 0 Å². The molecule has 6 heteroatoms. The maximum absolute atomic E-state index is 11.4. The van der Waals surface area contributed by atoms with E-state index in [1.165, 1.54) is 11.3 Å². The van der Waals surface area contributed by atoms with Crippen molar-refractivity contribution in [2.24, 2.45) is 10.7 Å². The lowest BCUT2D eigenvalue weighted by Crippen LogP contribution is -2.24. The lowest BCUT2D eigenvalue weighted by molar-refractivity contribution is 0.0604. The fourth-order valence-electron chi connectivity index (χ4n) is 0.890. The Morgan fingerprint density at radius 3 is 2.56 bits per heavy atom. The van der Waals surface area contributed by atoms with Gasteiger partial charge in [0.1, 0.15) is 11.4 Å². The molecule has 0 aromatic carbocycles. The summed E-state index contributed by atoms with van der Waals surface area (Å²) in [6, 6.07) is 3.63. The molecule has 1 amide bonds. The second-order valence-corrected chi connectivity index (χ2v) is 6.54. The molecule has 0 aliphatic heterocycles. The summed E-state index contributed by atoms with van der Waals surface area (Å²) in [6.07, 6.45) is -0.672. The first-order valence-electron chi connectivity index (χ1n) is 4.61. The summed E-state index contributed by atoms with van der Waals surface area (Å²) < 4.78 is 5.96. The molecule has 1 rings (SSSR count). The molecule has 1 aromatic rings. The molecule has 0 fully saturated rings. The van der Waals surface area contributed by atoms with Crippen LogP contribution in [0.15, 0.2) is 20.9 Å². The van der Waals surface area contributed by atoms with E-state index in [1.54, 1.807) is 26.8 Å². The van der Waals surface area contributed by atoms with E-state index in [2.05, 4.69) is 20.9 Å². The fourth-order valence-corrected chi connectivity index (χ4v) is 2.18. The van der Waals surface area contributed by atoms with E-state index in [-0.39, 0.29) is 5.84 Å². The van der Waals surface area contributed by atoms with Gasteiger partial charge >= 0.3 is 6.09 Å². The molecule has 0 radical (unpaired) electrons. The van der Waals surface area contributed by atoms with Gasteiger partial charge < -0.3 is 10.5 Å². The van der Waals surface area contributed by atoms with Crippen molar-refractivity contribution in [3.8, 4) is 0 Å². The van der Waals surface area contributed by atoms with Crippen LogP contribution in [0.25, 0.3) is 0 Å². The average Bonchev–Trinajstić information content (AvgIpc) is 2.47. The number of amidine groups is 1. The standard InChI is InChI=1S/C10H13BrN2O2S/c1-10(2,3)15-9(14)13-8(12)6-4-5-7(11)16-6/h4-5H,1-3H3,(H2,12,13,14). The van der Waals surface area contributed by atoms with Gasteiger partial charge in [-0.05, 0) is 48.8 Å². The molecule has 16 heavy (non-hydrogen) atoms. The topological polar surface area (TPSA) is 64.7 Å². The molecule has 0 aliphatic rings. The van der Waals surface area contributed by atoms with Gasteiger partial charge in [0, 0.05) is 0 Å². The molecule has 0 bridgehead atoms. The van der Waals surface area contributed by atoms with Crippen LogP contribution in [0.1, 0.15) is 25.6 Å². The minimum atomic E-state index is -0.672. The van der Waals surface area contributed by atoms with Crippen molar-refractivity contribution < 1.29 is 9.53 Å². The molecule has 0 saturated carbocycles. The van der Waals surface area contributed by atoms with Crippen LogP contribution in [-0.4, -0.2) is 17.5 Å². The van der Waals surface area contributed by atoms with Crippen molar-refractivity contribution in [3.05, 3.63) is 20.8 Å². The van der Waals surface area contributed by atoms with Gasteiger partial charge in [-0.25, -0.2) is 4.79 Å². The summed E-state index contributed by atoms with van der Waals surface area (Å²) >= 11 is 4.72. The van der Waals surface area contributed by atoms with E-state index in [0.29, 0.717) is 0 Å². The summed E-state index contributed by atoms with van der Waals surface area (Å²) in [6.45, 7) is 5.33. The molecule has 2 N–H and O–H groups in total. The maximum atomic E-state index is 11.4. The maximum Gasteiger partial charge on any atom is 0.436 e. The fraction of sp³-hybridized carbons (Fsp3) is 0.400. The normalized spacial score (nSPS) is 12.6. The Kier molecular flexibility index (Phi) is 4.09. The van der Waals surface area contributed by atoms with E-state index in [4.69, 9.17) is 10.5 Å². The first-order valence-corrected chi connectivity index (χ1v) is 6.22. The molecular formula is C10H13BrN2O2S. The minimum Gasteiger partial charge on any atom is -0.442 e. The quantitative estimate of drug-likeness (QED) is 0.640. The number of nitrogens with zero attached hydrogens (tertiary/aromatic N) is 1. The Balaban J connectivity index is 2.74. The van der Waals surface area contributed by atoms with Crippen LogP contribution >= 0.6 is 27.3 Å². The van der Waals surface area contributed by atoms with Gasteiger partial charge in [0.25, 0.3) is 0 Å². The predicted octanol–water partition coefficient (Wildman–Crippen LogP) is 3.15. The lowest BCUT2D eigenvalue weighted by atomic mass is 10.2. The monoisotopic (exact) mass is 304 g/mol. The van der Waals surface area contributed by atoms with Gasteiger partial charge in [-0.1, -0.05) is 0 Å². The number of nitrogens with two attached hydrogens (primary N) is 1. The second kappa shape index (κ2) is 4.97. The van der Waals surface area contributed by atoms with Crippen molar-refractivity contribution in [1.29, 1.82) is 0 Å². The summed E-state index contributed by atoms with van der Waals surface area (Å²) in [7, 11) is 0. The number of ether oxygens (including phenoxy) is 1. The van der Waals surface area contributed by atoms with Crippen LogP contribution in [0.2, 0.25) is 0 Å². The zero-order chi connectivity index (χ0) is 12.3. The minimum absolute atomic E-state index is 0.171. The number of carbonyl (C=O) groups excluding carboxylic acids is 1. The number of rotatable bonds is 1. The van der Waals surface area contributed by atoms with E-state index in [9.17, 15) is 4.79 Å². The Morgan fingerprint density at radius 1 is 1.50 bits per heavy atom. The van der Waals surface area contributed by atoms with Crippen LogP contribution in [0, 0.1) is 0 Å². The number of aliphatic imine (C=N–C) groups is 1. The molecular weight excluding hydrogens is 292 g/mol. The Bertz CT molecular complexity index is 421. The highest BCUT2D eigenvalue weighted by molar-refractivity contribution is 9.11. The molecule has 1 aromatic heterocycles. The SMILES string of the molecule is CC(C)(C)OC(=O)N=C(N)c1ccc(Br)s1. The average molecular weight is 305 g/mol. The number of hydrogen-bond donors (Lipinski definition) is 1. The van der Waals surface area contributed by atoms with Crippen molar-refractivity contribution in [1.82, 2.24) is 0 Å². The summed E-state index contributed by atoms with van der Waals surface area (Å²) in [5, 5.41) is 0. The Morgan fingerprint density at radius 2 is 2.12 bits per heavy atom. The highest BCUT2D eigenvalue weighted by Gasteiger charge is 2.16. The highest BCUT2D eigenvalue weighted by atomic mass is 79.9. The third-order valence-electron chi connectivity index (χ3n) is 1.43. The molecule has 0 unspecified atom stereocenters. The number of halogens is 1. The number of amides is 1. The van der Waals surface area contributed by atoms with Crippen LogP contribution < -0.4 is 5.73 Å². The summed E-state index contributed by atoms with van der Waals surface area (Å²) in [5.74, 6) is 0.171. The van der Waals surface area contributed by atoms with Gasteiger partial charge in [-0.15, -0.1) is 11.3 Å².